The Balaban J connectivity index is 0.00000161. The molecule has 7 nitrogen and oxygen atoms in total. The highest BCUT2D eigenvalue weighted by Gasteiger charge is 2.22. The summed E-state index contributed by atoms with van der Waals surface area (Å²) in [6.45, 7) is 2.68. The van der Waals surface area contributed by atoms with Gasteiger partial charge in [0.1, 0.15) is 12.1 Å². The topological polar surface area (TPSA) is 75.9 Å². The van der Waals surface area contributed by atoms with E-state index in [1.54, 1.807) is 4.90 Å². The predicted octanol–water partition coefficient (Wildman–Crippen LogP) is 0.269. The highest BCUT2D eigenvalue weighted by Crippen LogP contribution is 2.17. The van der Waals surface area contributed by atoms with Crippen molar-refractivity contribution in [3.63, 3.8) is 0 Å². The van der Waals surface area contributed by atoms with Gasteiger partial charge in [-0.25, -0.2) is 4.39 Å². The van der Waals surface area contributed by atoms with E-state index in [1.807, 2.05) is 0 Å². The number of hydrogen-bond acceptors (Lipinski definition) is 5. The van der Waals surface area contributed by atoms with E-state index in [0.29, 0.717) is 18.8 Å². The molecule has 0 spiro atoms. The Hall–Kier alpha value is -2.06. The lowest BCUT2D eigenvalue weighted by Crippen LogP contribution is -2.46. The lowest BCUT2D eigenvalue weighted by Gasteiger charge is -2.28. The van der Waals surface area contributed by atoms with Crippen LogP contribution in [0, 0.1) is 5.82 Å². The number of benzene rings is 1. The molecule has 0 atom stereocenters. The van der Waals surface area contributed by atoms with E-state index in [-0.39, 0.29) is 23.9 Å². The van der Waals surface area contributed by atoms with Gasteiger partial charge in [-0.1, -0.05) is 0 Å². The number of piperazine rings is 1. The highest BCUT2D eigenvalue weighted by molar-refractivity contribution is 5.97. The lowest BCUT2D eigenvalue weighted by atomic mass is 10.1. The van der Waals surface area contributed by atoms with Crippen molar-refractivity contribution in [2.45, 2.75) is 0 Å². The number of nitrogens with one attached hydrogen (secondary N) is 1. The first-order valence-corrected chi connectivity index (χ1v) is 6.28. The molecular weight excluding hydrogens is 299 g/mol. The second-order valence-electron chi connectivity index (χ2n) is 4.46. The highest BCUT2D eigenvalue weighted by atomic mass is 35.5. The second kappa shape index (κ2) is 6.59. The normalized spacial score (nSPS) is 14.6. The van der Waals surface area contributed by atoms with Crippen LogP contribution >= 0.6 is 12.4 Å². The third kappa shape index (κ3) is 3.17. The van der Waals surface area contributed by atoms with E-state index in [1.165, 1.54) is 29.2 Å². The Morgan fingerprint density at radius 2 is 2.05 bits per heavy atom. The quantitative estimate of drug-likeness (QED) is 0.861. The van der Waals surface area contributed by atoms with Crippen molar-refractivity contribution in [3.8, 4) is 5.69 Å². The fourth-order valence-electron chi connectivity index (χ4n) is 2.19. The van der Waals surface area contributed by atoms with Gasteiger partial charge in [0.25, 0.3) is 5.91 Å². The lowest BCUT2D eigenvalue weighted by molar-refractivity contribution is 0.0735. The summed E-state index contributed by atoms with van der Waals surface area (Å²) in [6, 6.07) is 4.01. The summed E-state index contributed by atoms with van der Waals surface area (Å²) in [5.41, 5.74) is 0.735. The molecule has 0 unspecified atom stereocenters. The number of nitrogens with zero attached hydrogens (tertiary/aromatic N) is 5. The standard InChI is InChI=1S/C12H13FN6O.ClH/c13-9-1-2-11(19-8-15-16-17-19)10(7-9)12(20)18-5-3-14-4-6-18;/h1-2,7-8,14H,3-6H2;1H. The molecule has 1 aromatic heterocycles. The van der Waals surface area contributed by atoms with E-state index in [0.717, 1.165) is 13.1 Å². The first-order valence-electron chi connectivity index (χ1n) is 6.28. The minimum Gasteiger partial charge on any atom is -0.336 e. The Morgan fingerprint density at radius 3 is 2.71 bits per heavy atom. The molecule has 0 bridgehead atoms. The minimum atomic E-state index is -0.458. The molecule has 21 heavy (non-hydrogen) atoms. The zero-order valence-electron chi connectivity index (χ0n) is 11.1. The number of rotatable bonds is 2. The molecule has 1 N–H and O–H groups in total. The average molecular weight is 313 g/mol. The van der Waals surface area contributed by atoms with Crippen molar-refractivity contribution < 1.29 is 9.18 Å². The van der Waals surface area contributed by atoms with E-state index in [2.05, 4.69) is 20.8 Å². The molecule has 9 heteroatoms. The average Bonchev–Trinajstić information content (AvgIpc) is 3.01. The third-order valence-corrected chi connectivity index (χ3v) is 3.19. The smallest absolute Gasteiger partial charge is 0.256 e. The number of carbonyl (C=O) groups excluding carboxylic acids is 1. The molecule has 0 saturated carbocycles. The molecule has 2 aromatic rings. The van der Waals surface area contributed by atoms with Crippen LogP contribution in [-0.4, -0.2) is 57.2 Å². The van der Waals surface area contributed by atoms with Crippen molar-refractivity contribution in [3.05, 3.63) is 35.9 Å². The van der Waals surface area contributed by atoms with Gasteiger partial charge in [0, 0.05) is 26.2 Å². The van der Waals surface area contributed by atoms with Crippen molar-refractivity contribution in [2.75, 3.05) is 26.2 Å². The Labute approximate surface area is 126 Å². The van der Waals surface area contributed by atoms with Gasteiger partial charge in [0.2, 0.25) is 0 Å². The summed E-state index contributed by atoms with van der Waals surface area (Å²) >= 11 is 0. The Morgan fingerprint density at radius 1 is 1.29 bits per heavy atom. The summed E-state index contributed by atoms with van der Waals surface area (Å²) in [5, 5.41) is 14.0. The summed E-state index contributed by atoms with van der Waals surface area (Å²) < 4.78 is 14.8. The van der Waals surface area contributed by atoms with Crippen LogP contribution in [0.2, 0.25) is 0 Å². The van der Waals surface area contributed by atoms with Gasteiger partial charge in [-0.05, 0) is 28.6 Å². The molecular formula is C12H14ClFN6O. The van der Waals surface area contributed by atoms with E-state index in [9.17, 15) is 9.18 Å². The number of aromatic nitrogens is 4. The monoisotopic (exact) mass is 312 g/mol. The van der Waals surface area contributed by atoms with E-state index >= 15 is 0 Å². The van der Waals surface area contributed by atoms with Crippen LogP contribution in [0.15, 0.2) is 24.5 Å². The molecule has 2 heterocycles. The number of tetrazole rings is 1. The van der Waals surface area contributed by atoms with Crippen LogP contribution < -0.4 is 5.32 Å². The van der Waals surface area contributed by atoms with Crippen molar-refractivity contribution in [1.29, 1.82) is 0 Å². The maximum Gasteiger partial charge on any atom is 0.256 e. The van der Waals surface area contributed by atoms with Gasteiger partial charge < -0.3 is 10.2 Å². The van der Waals surface area contributed by atoms with E-state index < -0.39 is 5.82 Å². The van der Waals surface area contributed by atoms with Gasteiger partial charge in [-0.15, -0.1) is 17.5 Å². The summed E-state index contributed by atoms with van der Waals surface area (Å²) in [4.78, 5) is 14.2. The summed E-state index contributed by atoms with van der Waals surface area (Å²) in [7, 11) is 0. The minimum absolute atomic E-state index is 0. The number of hydrogen-bond donors (Lipinski definition) is 1. The number of carbonyl (C=O) groups is 1. The molecule has 1 saturated heterocycles. The molecule has 1 amide bonds. The second-order valence-corrected chi connectivity index (χ2v) is 4.46. The van der Waals surface area contributed by atoms with Crippen molar-refractivity contribution in [2.24, 2.45) is 0 Å². The molecule has 1 fully saturated rings. The molecule has 1 aromatic carbocycles. The SMILES string of the molecule is Cl.O=C(c1cc(F)ccc1-n1cnnn1)N1CCNCC1. The molecule has 1 aliphatic rings. The third-order valence-electron chi connectivity index (χ3n) is 3.19. The first kappa shape index (κ1) is 15.3. The summed E-state index contributed by atoms with van der Waals surface area (Å²) in [6.07, 6.45) is 1.38. The van der Waals surface area contributed by atoms with Crippen molar-refractivity contribution in [1.82, 2.24) is 30.4 Å². The van der Waals surface area contributed by atoms with Crippen molar-refractivity contribution >= 4 is 18.3 Å². The van der Waals surface area contributed by atoms with Crippen LogP contribution in [0.4, 0.5) is 4.39 Å². The van der Waals surface area contributed by atoms with Crippen LogP contribution in [0.1, 0.15) is 10.4 Å². The van der Waals surface area contributed by atoms with Gasteiger partial charge in [-0.2, -0.15) is 4.68 Å². The zero-order chi connectivity index (χ0) is 13.9. The maximum absolute atomic E-state index is 13.5. The zero-order valence-corrected chi connectivity index (χ0v) is 11.9. The molecule has 112 valence electrons. The van der Waals surface area contributed by atoms with Gasteiger partial charge in [0.05, 0.1) is 11.3 Å². The molecule has 0 aliphatic carbocycles. The van der Waals surface area contributed by atoms with Gasteiger partial charge in [0.15, 0.2) is 0 Å². The van der Waals surface area contributed by atoms with Crippen LogP contribution in [0.3, 0.4) is 0 Å². The molecule has 1 aliphatic heterocycles. The van der Waals surface area contributed by atoms with Crippen LogP contribution in [-0.2, 0) is 0 Å². The van der Waals surface area contributed by atoms with Crippen LogP contribution in [0.5, 0.6) is 0 Å². The summed E-state index contributed by atoms with van der Waals surface area (Å²) in [5.74, 6) is -0.670. The largest absolute Gasteiger partial charge is 0.336 e. The number of halogens is 2. The van der Waals surface area contributed by atoms with Gasteiger partial charge in [-0.3, -0.25) is 4.79 Å². The fraction of sp³-hybridized carbons (Fsp3) is 0.333. The molecule has 3 rings (SSSR count). The molecule has 0 radical (unpaired) electrons. The Bertz CT molecular complexity index is 614. The number of amides is 1. The Kier molecular flexibility index (Phi) is 4.81. The maximum atomic E-state index is 13.5. The van der Waals surface area contributed by atoms with Gasteiger partial charge >= 0.3 is 0 Å². The van der Waals surface area contributed by atoms with Crippen LogP contribution in [0.25, 0.3) is 5.69 Å². The predicted molar refractivity (Wildman–Crippen MR) is 75.1 cm³/mol. The first-order chi connectivity index (χ1) is 9.75. The van der Waals surface area contributed by atoms with E-state index in [4.69, 9.17) is 0 Å². The fourth-order valence-corrected chi connectivity index (χ4v) is 2.19.